The molecule has 0 fully saturated rings. The van der Waals surface area contributed by atoms with Crippen molar-refractivity contribution in [2.75, 3.05) is 13.6 Å². The summed E-state index contributed by atoms with van der Waals surface area (Å²) in [7, 11) is 1.86. The van der Waals surface area contributed by atoms with Crippen LogP contribution in [0.4, 0.5) is 0 Å². The number of hydrogen-bond acceptors (Lipinski definition) is 2. The summed E-state index contributed by atoms with van der Waals surface area (Å²) in [5.74, 6) is -0.0726. The van der Waals surface area contributed by atoms with Crippen LogP contribution in [0, 0.1) is 6.92 Å². The van der Waals surface area contributed by atoms with E-state index in [0.717, 1.165) is 18.4 Å². The van der Waals surface area contributed by atoms with Gasteiger partial charge in [0.15, 0.2) is 0 Å². The van der Waals surface area contributed by atoms with Crippen LogP contribution >= 0.6 is 0 Å². The number of rotatable bonds is 5. The lowest BCUT2D eigenvalue weighted by molar-refractivity contribution is -0.131. The zero-order valence-corrected chi connectivity index (χ0v) is 14.8. The predicted molar refractivity (Wildman–Crippen MR) is 98.4 cm³/mol. The highest BCUT2D eigenvalue weighted by molar-refractivity contribution is 5.94. The van der Waals surface area contributed by atoms with Crippen LogP contribution in [0.1, 0.15) is 45.9 Å². The molecule has 130 valence electrons. The third kappa shape index (κ3) is 3.90. The van der Waals surface area contributed by atoms with Gasteiger partial charge in [-0.15, -0.1) is 0 Å². The summed E-state index contributed by atoms with van der Waals surface area (Å²) in [4.78, 5) is 26.4. The van der Waals surface area contributed by atoms with Gasteiger partial charge in [-0.05, 0) is 43.0 Å². The lowest BCUT2D eigenvalue weighted by Crippen LogP contribution is -2.34. The van der Waals surface area contributed by atoms with Crippen molar-refractivity contribution in [1.82, 2.24) is 10.2 Å². The maximum Gasteiger partial charge on any atom is 0.251 e. The molecule has 0 aromatic heterocycles. The molecule has 2 aromatic rings. The molecule has 3 rings (SSSR count). The maximum absolute atomic E-state index is 12.5. The van der Waals surface area contributed by atoms with Crippen LogP contribution in [-0.4, -0.2) is 30.3 Å². The first-order chi connectivity index (χ1) is 12.1. The van der Waals surface area contributed by atoms with E-state index in [1.807, 2.05) is 49.2 Å². The van der Waals surface area contributed by atoms with Gasteiger partial charge in [0.25, 0.3) is 5.91 Å². The first-order valence-electron chi connectivity index (χ1n) is 8.74. The first kappa shape index (κ1) is 17.2. The average molecular weight is 336 g/mol. The van der Waals surface area contributed by atoms with Crippen LogP contribution in [0.3, 0.4) is 0 Å². The van der Waals surface area contributed by atoms with Crippen molar-refractivity contribution < 1.29 is 9.59 Å². The Balaban J connectivity index is 1.52. The standard InChI is InChI=1S/C21H24N2O2/c1-15-6-5-8-17(14-15)21(25)22-13-12-20(24)23(2)19-11-10-16-7-3-4-9-18(16)19/h3-9,14,19H,10-13H2,1-2H3,(H,22,25)/t19-/m1/s1. The van der Waals surface area contributed by atoms with Crippen LogP contribution in [0.15, 0.2) is 48.5 Å². The van der Waals surface area contributed by atoms with Crippen molar-refractivity contribution in [3.8, 4) is 0 Å². The molecule has 0 saturated carbocycles. The second-order valence-corrected chi connectivity index (χ2v) is 6.63. The molecule has 25 heavy (non-hydrogen) atoms. The van der Waals surface area contributed by atoms with Crippen molar-refractivity contribution in [2.45, 2.75) is 32.2 Å². The van der Waals surface area contributed by atoms with Gasteiger partial charge in [0.1, 0.15) is 0 Å². The summed E-state index contributed by atoms with van der Waals surface area (Å²) in [5.41, 5.74) is 4.26. The minimum absolute atomic E-state index is 0.0613. The minimum Gasteiger partial charge on any atom is -0.352 e. The quantitative estimate of drug-likeness (QED) is 0.911. The second kappa shape index (κ2) is 7.51. The fourth-order valence-electron chi connectivity index (χ4n) is 3.46. The van der Waals surface area contributed by atoms with Gasteiger partial charge >= 0.3 is 0 Å². The summed E-state index contributed by atoms with van der Waals surface area (Å²) < 4.78 is 0. The van der Waals surface area contributed by atoms with Crippen molar-refractivity contribution in [2.24, 2.45) is 0 Å². The molecule has 0 aliphatic heterocycles. The molecular formula is C21H24N2O2. The summed E-state index contributed by atoms with van der Waals surface area (Å²) in [6, 6.07) is 15.9. The number of fused-ring (bicyclic) bond motifs is 1. The van der Waals surface area contributed by atoms with Crippen LogP contribution in [0.2, 0.25) is 0 Å². The predicted octanol–water partition coefficient (Wildman–Crippen LogP) is 3.26. The van der Waals surface area contributed by atoms with E-state index in [9.17, 15) is 9.59 Å². The number of carbonyl (C=O) groups excluding carboxylic acids is 2. The molecule has 0 heterocycles. The molecule has 0 unspecified atom stereocenters. The van der Waals surface area contributed by atoms with E-state index in [4.69, 9.17) is 0 Å². The minimum atomic E-state index is -0.134. The van der Waals surface area contributed by atoms with Crippen LogP contribution in [0.25, 0.3) is 0 Å². The third-order valence-corrected chi connectivity index (χ3v) is 4.87. The van der Waals surface area contributed by atoms with Gasteiger partial charge in [0.2, 0.25) is 5.91 Å². The third-order valence-electron chi connectivity index (χ3n) is 4.87. The number of nitrogens with zero attached hydrogens (tertiary/aromatic N) is 1. The first-order valence-corrected chi connectivity index (χ1v) is 8.74. The number of benzene rings is 2. The van der Waals surface area contributed by atoms with Crippen molar-refractivity contribution in [3.63, 3.8) is 0 Å². The fraction of sp³-hybridized carbons (Fsp3) is 0.333. The molecule has 1 N–H and O–H groups in total. The Morgan fingerprint density at radius 3 is 2.76 bits per heavy atom. The number of carbonyl (C=O) groups is 2. The van der Waals surface area contributed by atoms with Crippen LogP contribution in [-0.2, 0) is 11.2 Å². The van der Waals surface area contributed by atoms with Gasteiger partial charge in [-0.1, -0.05) is 42.0 Å². The molecule has 0 saturated heterocycles. The molecule has 1 aliphatic rings. The SMILES string of the molecule is Cc1cccc(C(=O)NCCC(=O)N(C)[C@@H]2CCc3ccccc32)c1. The normalized spacial score (nSPS) is 15.5. The molecule has 4 heteroatoms. The molecule has 1 atom stereocenters. The summed E-state index contributed by atoms with van der Waals surface area (Å²) in [5, 5.41) is 2.84. The number of nitrogens with one attached hydrogen (secondary N) is 1. The second-order valence-electron chi connectivity index (χ2n) is 6.63. The maximum atomic E-state index is 12.5. The molecular weight excluding hydrogens is 312 g/mol. The Bertz CT molecular complexity index is 785. The van der Waals surface area contributed by atoms with E-state index in [1.54, 1.807) is 6.07 Å². The zero-order valence-electron chi connectivity index (χ0n) is 14.8. The largest absolute Gasteiger partial charge is 0.352 e. The van der Waals surface area contributed by atoms with E-state index >= 15 is 0 Å². The number of aryl methyl sites for hydroxylation is 2. The Morgan fingerprint density at radius 1 is 1.16 bits per heavy atom. The van der Waals surface area contributed by atoms with E-state index in [2.05, 4.69) is 17.4 Å². The van der Waals surface area contributed by atoms with E-state index < -0.39 is 0 Å². The van der Waals surface area contributed by atoms with Gasteiger partial charge in [0, 0.05) is 25.6 Å². The van der Waals surface area contributed by atoms with Crippen LogP contribution in [0.5, 0.6) is 0 Å². The summed E-state index contributed by atoms with van der Waals surface area (Å²) >= 11 is 0. The van der Waals surface area contributed by atoms with Crippen molar-refractivity contribution >= 4 is 11.8 Å². The van der Waals surface area contributed by atoms with E-state index in [1.165, 1.54) is 11.1 Å². The van der Waals surface area contributed by atoms with Gasteiger partial charge in [0.05, 0.1) is 6.04 Å². The topological polar surface area (TPSA) is 49.4 Å². The Labute approximate surface area is 148 Å². The molecule has 2 aromatic carbocycles. The number of amides is 2. The van der Waals surface area contributed by atoms with Gasteiger partial charge in [-0.25, -0.2) is 0 Å². The molecule has 0 bridgehead atoms. The number of hydrogen-bond donors (Lipinski definition) is 1. The van der Waals surface area contributed by atoms with Crippen molar-refractivity contribution in [3.05, 3.63) is 70.8 Å². The molecule has 1 aliphatic carbocycles. The Kier molecular flexibility index (Phi) is 5.17. The smallest absolute Gasteiger partial charge is 0.251 e. The lowest BCUT2D eigenvalue weighted by Gasteiger charge is -2.25. The molecule has 0 spiro atoms. The van der Waals surface area contributed by atoms with Crippen molar-refractivity contribution in [1.29, 1.82) is 0 Å². The van der Waals surface area contributed by atoms with E-state index in [-0.39, 0.29) is 17.9 Å². The molecule has 2 amide bonds. The molecule has 4 nitrogen and oxygen atoms in total. The Hall–Kier alpha value is -2.62. The summed E-state index contributed by atoms with van der Waals surface area (Å²) in [6.45, 7) is 2.30. The fourth-order valence-corrected chi connectivity index (χ4v) is 3.46. The zero-order chi connectivity index (χ0) is 17.8. The van der Waals surface area contributed by atoms with Gasteiger partial charge in [-0.3, -0.25) is 9.59 Å². The highest BCUT2D eigenvalue weighted by Gasteiger charge is 2.27. The highest BCUT2D eigenvalue weighted by atomic mass is 16.2. The van der Waals surface area contributed by atoms with E-state index in [0.29, 0.717) is 18.5 Å². The molecule has 0 radical (unpaired) electrons. The van der Waals surface area contributed by atoms with Crippen LogP contribution < -0.4 is 5.32 Å². The van der Waals surface area contributed by atoms with Gasteiger partial charge < -0.3 is 10.2 Å². The average Bonchev–Trinajstić information content (AvgIpc) is 3.05. The highest BCUT2D eigenvalue weighted by Crippen LogP contribution is 2.34. The summed E-state index contributed by atoms with van der Waals surface area (Å²) in [6.07, 6.45) is 2.30. The Morgan fingerprint density at radius 2 is 1.96 bits per heavy atom. The van der Waals surface area contributed by atoms with Gasteiger partial charge in [-0.2, -0.15) is 0 Å². The lowest BCUT2D eigenvalue weighted by atomic mass is 10.1. The monoisotopic (exact) mass is 336 g/mol.